The van der Waals surface area contributed by atoms with E-state index in [1.807, 2.05) is 0 Å². The molecule has 0 aromatic heterocycles. The first-order chi connectivity index (χ1) is 6.36. The molecule has 13 heavy (non-hydrogen) atoms. The van der Waals surface area contributed by atoms with Crippen LogP contribution in [-0.4, -0.2) is 42.5 Å². The first kappa shape index (κ1) is 10.7. The summed E-state index contributed by atoms with van der Waals surface area (Å²) in [5, 5.41) is 8.74. The summed E-state index contributed by atoms with van der Waals surface area (Å²) < 4.78 is 0. The highest BCUT2D eigenvalue weighted by molar-refractivity contribution is 5.49. The normalized spacial score (nSPS) is 20.4. The molecule has 1 aliphatic heterocycles. The quantitative estimate of drug-likeness (QED) is 0.640. The van der Waals surface area contributed by atoms with Crippen LogP contribution in [0.3, 0.4) is 0 Å². The van der Waals surface area contributed by atoms with Gasteiger partial charge in [0.05, 0.1) is 6.61 Å². The maximum atomic E-state index is 10.2. The van der Waals surface area contributed by atoms with Crippen molar-refractivity contribution in [2.75, 3.05) is 26.2 Å². The Labute approximate surface area is 79.7 Å². The zero-order chi connectivity index (χ0) is 9.52. The second-order valence-electron chi connectivity index (χ2n) is 3.75. The predicted molar refractivity (Wildman–Crippen MR) is 51.5 cm³/mol. The second kappa shape index (κ2) is 6.11. The molecule has 1 heterocycles. The van der Waals surface area contributed by atoms with Gasteiger partial charge in [0.15, 0.2) is 0 Å². The van der Waals surface area contributed by atoms with Crippen molar-refractivity contribution < 1.29 is 9.90 Å². The van der Waals surface area contributed by atoms with Gasteiger partial charge in [0.25, 0.3) is 0 Å². The van der Waals surface area contributed by atoms with Crippen molar-refractivity contribution in [3.8, 4) is 0 Å². The van der Waals surface area contributed by atoms with E-state index in [1.165, 1.54) is 12.8 Å². The van der Waals surface area contributed by atoms with Crippen LogP contribution >= 0.6 is 0 Å². The summed E-state index contributed by atoms with van der Waals surface area (Å²) in [6, 6.07) is 0. The highest BCUT2D eigenvalue weighted by Gasteiger charge is 2.17. The number of hydrogen-bond acceptors (Lipinski definition) is 3. The molecule has 3 heteroatoms. The molecule has 0 saturated carbocycles. The Morgan fingerprint density at radius 2 is 2.08 bits per heavy atom. The Balaban J connectivity index is 2.11. The van der Waals surface area contributed by atoms with Gasteiger partial charge in [-0.25, -0.2) is 0 Å². The van der Waals surface area contributed by atoms with Gasteiger partial charge >= 0.3 is 0 Å². The summed E-state index contributed by atoms with van der Waals surface area (Å²) in [5.74, 6) is 0.736. The van der Waals surface area contributed by atoms with Crippen LogP contribution in [0.15, 0.2) is 0 Å². The largest absolute Gasteiger partial charge is 0.395 e. The fourth-order valence-electron chi connectivity index (χ4n) is 1.94. The number of nitrogens with zero attached hydrogens (tertiary/aromatic N) is 1. The van der Waals surface area contributed by atoms with Gasteiger partial charge in [0.2, 0.25) is 0 Å². The van der Waals surface area contributed by atoms with Crippen molar-refractivity contribution in [2.24, 2.45) is 5.92 Å². The second-order valence-corrected chi connectivity index (χ2v) is 3.75. The number of carbonyl (C=O) groups excluding carboxylic acids is 1. The van der Waals surface area contributed by atoms with Gasteiger partial charge in [-0.2, -0.15) is 0 Å². The fraction of sp³-hybridized carbons (Fsp3) is 0.900. The van der Waals surface area contributed by atoms with Crippen molar-refractivity contribution >= 4 is 6.29 Å². The summed E-state index contributed by atoms with van der Waals surface area (Å²) in [5.41, 5.74) is 0. The molecular formula is C10H19NO2. The molecule has 1 aliphatic rings. The third-order valence-corrected chi connectivity index (χ3v) is 2.82. The van der Waals surface area contributed by atoms with Crippen LogP contribution in [0.25, 0.3) is 0 Å². The number of aldehydes is 1. The van der Waals surface area contributed by atoms with Crippen LogP contribution in [0.4, 0.5) is 0 Å². The standard InChI is InChI=1S/C10H19NO2/c12-8-1-2-10-3-5-11(6-4-10)7-9-13/h8,10,13H,1-7,9H2. The molecule has 0 aromatic carbocycles. The van der Waals surface area contributed by atoms with Crippen LogP contribution in [0.5, 0.6) is 0 Å². The summed E-state index contributed by atoms with van der Waals surface area (Å²) in [7, 11) is 0. The summed E-state index contributed by atoms with van der Waals surface area (Å²) in [4.78, 5) is 12.5. The van der Waals surface area contributed by atoms with E-state index in [0.717, 1.165) is 38.3 Å². The zero-order valence-electron chi connectivity index (χ0n) is 8.11. The fourth-order valence-corrected chi connectivity index (χ4v) is 1.94. The molecule has 0 aromatic rings. The van der Waals surface area contributed by atoms with E-state index < -0.39 is 0 Å². The number of hydrogen-bond donors (Lipinski definition) is 1. The number of rotatable bonds is 5. The van der Waals surface area contributed by atoms with E-state index in [9.17, 15) is 4.79 Å². The van der Waals surface area contributed by atoms with Crippen LogP contribution in [0, 0.1) is 5.92 Å². The third-order valence-electron chi connectivity index (χ3n) is 2.82. The lowest BCUT2D eigenvalue weighted by atomic mass is 9.92. The van der Waals surface area contributed by atoms with Gasteiger partial charge < -0.3 is 14.8 Å². The average Bonchev–Trinajstić information content (AvgIpc) is 2.17. The molecule has 1 N–H and O–H groups in total. The summed E-state index contributed by atoms with van der Waals surface area (Å²) >= 11 is 0. The number of piperidine rings is 1. The first-order valence-corrected chi connectivity index (χ1v) is 5.13. The van der Waals surface area contributed by atoms with Crippen LogP contribution in [0.2, 0.25) is 0 Å². The van der Waals surface area contributed by atoms with E-state index in [0.29, 0.717) is 6.42 Å². The molecule has 1 saturated heterocycles. The lowest BCUT2D eigenvalue weighted by Crippen LogP contribution is -2.35. The molecule has 0 aliphatic carbocycles. The summed E-state index contributed by atoms with van der Waals surface area (Å²) in [6.45, 7) is 3.24. The van der Waals surface area contributed by atoms with E-state index in [-0.39, 0.29) is 6.61 Å². The molecule has 0 atom stereocenters. The summed E-state index contributed by atoms with van der Waals surface area (Å²) in [6.07, 6.45) is 5.16. The topological polar surface area (TPSA) is 40.5 Å². The SMILES string of the molecule is O=CCCC1CCN(CCO)CC1. The smallest absolute Gasteiger partial charge is 0.120 e. The molecule has 76 valence electrons. The molecule has 0 unspecified atom stereocenters. The van der Waals surface area contributed by atoms with Gasteiger partial charge in [-0.05, 0) is 38.3 Å². The maximum Gasteiger partial charge on any atom is 0.120 e. The van der Waals surface area contributed by atoms with E-state index in [4.69, 9.17) is 5.11 Å². The minimum Gasteiger partial charge on any atom is -0.395 e. The Bertz CT molecular complexity index is 142. The first-order valence-electron chi connectivity index (χ1n) is 5.13. The molecule has 3 nitrogen and oxygen atoms in total. The molecule has 0 spiro atoms. The number of aliphatic hydroxyl groups excluding tert-OH is 1. The molecule has 0 radical (unpaired) electrons. The number of β-amino-alcohol motifs (C(OH)–C–C–N with tert-alkyl or cyclic N) is 1. The van der Waals surface area contributed by atoms with Gasteiger partial charge in [-0.1, -0.05) is 0 Å². The zero-order valence-corrected chi connectivity index (χ0v) is 8.11. The number of likely N-dealkylation sites (tertiary alicyclic amines) is 1. The van der Waals surface area contributed by atoms with Gasteiger partial charge in [0, 0.05) is 13.0 Å². The van der Waals surface area contributed by atoms with Crippen molar-refractivity contribution in [2.45, 2.75) is 25.7 Å². The average molecular weight is 185 g/mol. The lowest BCUT2D eigenvalue weighted by molar-refractivity contribution is -0.108. The third kappa shape index (κ3) is 3.87. The van der Waals surface area contributed by atoms with E-state index in [1.54, 1.807) is 0 Å². The Morgan fingerprint density at radius 1 is 1.38 bits per heavy atom. The molecule has 1 rings (SSSR count). The molecule has 1 fully saturated rings. The lowest BCUT2D eigenvalue weighted by Gasteiger charge is -2.31. The molecule has 0 bridgehead atoms. The Morgan fingerprint density at radius 3 is 2.62 bits per heavy atom. The van der Waals surface area contributed by atoms with E-state index >= 15 is 0 Å². The van der Waals surface area contributed by atoms with Crippen molar-refractivity contribution in [1.82, 2.24) is 4.90 Å². The Kier molecular flexibility index (Phi) is 5.01. The molecular weight excluding hydrogens is 166 g/mol. The molecule has 0 amide bonds. The van der Waals surface area contributed by atoms with Crippen LogP contribution in [-0.2, 0) is 4.79 Å². The van der Waals surface area contributed by atoms with Crippen LogP contribution < -0.4 is 0 Å². The number of carbonyl (C=O) groups is 1. The van der Waals surface area contributed by atoms with Crippen molar-refractivity contribution in [3.63, 3.8) is 0 Å². The predicted octanol–water partition coefficient (Wildman–Crippen LogP) is 0.670. The van der Waals surface area contributed by atoms with Gasteiger partial charge in [-0.15, -0.1) is 0 Å². The van der Waals surface area contributed by atoms with E-state index in [2.05, 4.69) is 4.90 Å². The highest BCUT2D eigenvalue weighted by Crippen LogP contribution is 2.20. The van der Waals surface area contributed by atoms with Crippen molar-refractivity contribution in [3.05, 3.63) is 0 Å². The van der Waals surface area contributed by atoms with Crippen LogP contribution in [0.1, 0.15) is 25.7 Å². The highest BCUT2D eigenvalue weighted by atomic mass is 16.3. The monoisotopic (exact) mass is 185 g/mol. The minimum atomic E-state index is 0.263. The minimum absolute atomic E-state index is 0.263. The Hall–Kier alpha value is -0.410. The van der Waals surface area contributed by atoms with Gasteiger partial charge in [-0.3, -0.25) is 0 Å². The maximum absolute atomic E-state index is 10.2. The van der Waals surface area contributed by atoms with Gasteiger partial charge in [0.1, 0.15) is 6.29 Å². The number of aliphatic hydroxyl groups is 1. The van der Waals surface area contributed by atoms with Crippen molar-refractivity contribution in [1.29, 1.82) is 0 Å².